The van der Waals surface area contributed by atoms with E-state index >= 15 is 0 Å². The number of benzene rings is 3. The lowest BCUT2D eigenvalue weighted by Gasteiger charge is -2.32. The lowest BCUT2D eigenvalue weighted by molar-refractivity contribution is -0.906. The molecular formula is C24H29N2O4S+. The Labute approximate surface area is 183 Å². The minimum Gasteiger partial charge on any atom is -0.491 e. The minimum absolute atomic E-state index is 0.215. The van der Waals surface area contributed by atoms with Gasteiger partial charge >= 0.3 is 0 Å². The van der Waals surface area contributed by atoms with Crippen LogP contribution in [0.15, 0.2) is 71.6 Å². The zero-order chi connectivity index (χ0) is 21.8. The normalized spacial score (nSPS) is 17.0. The van der Waals surface area contributed by atoms with Gasteiger partial charge in [-0.2, -0.15) is 4.31 Å². The van der Waals surface area contributed by atoms with E-state index in [-0.39, 0.29) is 6.61 Å². The fourth-order valence-corrected chi connectivity index (χ4v) is 5.39. The van der Waals surface area contributed by atoms with Crippen LogP contribution < -0.4 is 9.64 Å². The topological polar surface area (TPSA) is 71.3 Å². The Bertz CT molecular complexity index is 1120. The third-order valence-electron chi connectivity index (χ3n) is 5.78. The number of hydrogen-bond donors (Lipinski definition) is 2. The molecule has 6 nitrogen and oxygen atoms in total. The Balaban J connectivity index is 1.26. The van der Waals surface area contributed by atoms with Crippen molar-refractivity contribution in [2.45, 2.75) is 17.9 Å². The fourth-order valence-electron chi connectivity index (χ4n) is 3.95. The van der Waals surface area contributed by atoms with Crippen LogP contribution >= 0.6 is 0 Å². The number of rotatable bonds is 7. The minimum atomic E-state index is -3.46. The summed E-state index contributed by atoms with van der Waals surface area (Å²) in [5.41, 5.74) is 1.04. The van der Waals surface area contributed by atoms with Crippen molar-refractivity contribution < 1.29 is 23.2 Å². The second-order valence-electron chi connectivity index (χ2n) is 8.15. The summed E-state index contributed by atoms with van der Waals surface area (Å²) in [5, 5.41) is 12.7. The molecule has 31 heavy (non-hydrogen) atoms. The molecule has 2 N–H and O–H groups in total. The molecule has 3 aromatic carbocycles. The highest BCUT2D eigenvalue weighted by Crippen LogP contribution is 2.20. The number of nitrogens with one attached hydrogen (secondary N) is 1. The molecule has 7 heteroatoms. The lowest BCUT2D eigenvalue weighted by atomic mass is 10.1. The molecule has 0 unspecified atom stereocenters. The van der Waals surface area contributed by atoms with Gasteiger partial charge in [-0.3, -0.25) is 0 Å². The first-order valence-electron chi connectivity index (χ1n) is 10.6. The molecule has 0 radical (unpaired) electrons. The van der Waals surface area contributed by atoms with Crippen LogP contribution in [0.5, 0.6) is 5.75 Å². The van der Waals surface area contributed by atoms with Crippen LogP contribution in [0.3, 0.4) is 0 Å². The second kappa shape index (κ2) is 9.36. The van der Waals surface area contributed by atoms with Gasteiger partial charge in [0.2, 0.25) is 10.0 Å². The van der Waals surface area contributed by atoms with Crippen molar-refractivity contribution in [3.05, 3.63) is 72.3 Å². The highest BCUT2D eigenvalue weighted by Gasteiger charge is 2.31. The molecule has 1 aliphatic heterocycles. The van der Waals surface area contributed by atoms with E-state index < -0.39 is 16.1 Å². The molecule has 0 bridgehead atoms. The average Bonchev–Trinajstić information content (AvgIpc) is 2.78. The van der Waals surface area contributed by atoms with Crippen molar-refractivity contribution in [3.8, 4) is 5.75 Å². The monoisotopic (exact) mass is 441 g/mol. The number of nitrogens with zero attached hydrogens (tertiary/aromatic N) is 1. The number of aliphatic hydroxyl groups is 1. The highest BCUT2D eigenvalue weighted by molar-refractivity contribution is 7.89. The predicted molar refractivity (Wildman–Crippen MR) is 121 cm³/mol. The first kappa shape index (κ1) is 21.8. The molecule has 0 aliphatic carbocycles. The van der Waals surface area contributed by atoms with Crippen molar-refractivity contribution in [1.82, 2.24) is 4.31 Å². The molecule has 1 fully saturated rings. The van der Waals surface area contributed by atoms with E-state index in [1.54, 1.807) is 16.4 Å². The highest BCUT2D eigenvalue weighted by atomic mass is 32.2. The first-order chi connectivity index (χ1) is 14.9. The average molecular weight is 442 g/mol. The SMILES string of the molecule is Cc1ccc(S(=O)(=O)N2CC[NH+](C[C@@H](O)COc3ccc4ccccc4c3)CC2)cc1. The van der Waals surface area contributed by atoms with Crippen LogP contribution in [0.25, 0.3) is 10.8 Å². The van der Waals surface area contributed by atoms with Gasteiger partial charge in [0, 0.05) is 0 Å². The van der Waals surface area contributed by atoms with E-state index in [0.29, 0.717) is 37.6 Å². The van der Waals surface area contributed by atoms with Gasteiger partial charge in [0.05, 0.1) is 31.1 Å². The van der Waals surface area contributed by atoms with Crippen molar-refractivity contribution in [2.75, 3.05) is 39.3 Å². The van der Waals surface area contributed by atoms with Crippen molar-refractivity contribution in [1.29, 1.82) is 0 Å². The van der Waals surface area contributed by atoms with Gasteiger partial charge in [-0.05, 0) is 42.0 Å². The summed E-state index contributed by atoms with van der Waals surface area (Å²) in [6.07, 6.45) is -0.610. The van der Waals surface area contributed by atoms with Gasteiger partial charge in [-0.1, -0.05) is 48.0 Å². The Morgan fingerprint density at radius 2 is 1.68 bits per heavy atom. The van der Waals surface area contributed by atoms with E-state index in [0.717, 1.165) is 22.1 Å². The summed E-state index contributed by atoms with van der Waals surface area (Å²) in [4.78, 5) is 1.52. The van der Waals surface area contributed by atoms with Crippen LogP contribution in [0.2, 0.25) is 0 Å². The summed E-state index contributed by atoms with van der Waals surface area (Å²) in [5.74, 6) is 0.738. The standard InChI is InChI=1S/C24H28N2O4S/c1-19-6-10-24(11-7-19)31(28,29)26-14-12-25(13-15-26)17-22(27)18-30-23-9-8-20-4-2-3-5-21(20)16-23/h2-11,16,22,27H,12-15,17-18H2,1H3/p+1/t22-/m1/s1. The number of quaternary nitrogens is 1. The molecule has 0 spiro atoms. The predicted octanol–water partition coefficient (Wildman–Crippen LogP) is 1.48. The number of aliphatic hydroxyl groups excluding tert-OH is 1. The molecule has 164 valence electrons. The van der Waals surface area contributed by atoms with Crippen LogP contribution in [-0.4, -0.2) is 63.3 Å². The van der Waals surface area contributed by atoms with Crippen molar-refractivity contribution in [2.24, 2.45) is 0 Å². The molecular weight excluding hydrogens is 412 g/mol. The van der Waals surface area contributed by atoms with Gasteiger partial charge < -0.3 is 14.7 Å². The van der Waals surface area contributed by atoms with E-state index in [2.05, 4.69) is 6.07 Å². The van der Waals surface area contributed by atoms with Crippen molar-refractivity contribution in [3.63, 3.8) is 0 Å². The van der Waals surface area contributed by atoms with E-state index in [4.69, 9.17) is 4.74 Å². The Kier molecular flexibility index (Phi) is 6.57. The molecule has 0 saturated carbocycles. The summed E-state index contributed by atoms with van der Waals surface area (Å²) in [7, 11) is -3.46. The van der Waals surface area contributed by atoms with Gasteiger partial charge in [0.25, 0.3) is 0 Å². The van der Waals surface area contributed by atoms with Gasteiger partial charge in [-0.25, -0.2) is 8.42 Å². The van der Waals surface area contributed by atoms with Gasteiger partial charge in [0.1, 0.15) is 25.0 Å². The third-order valence-corrected chi connectivity index (χ3v) is 7.69. The number of fused-ring (bicyclic) bond motifs is 1. The first-order valence-corrected chi connectivity index (χ1v) is 12.1. The Morgan fingerprint density at radius 1 is 1.00 bits per heavy atom. The zero-order valence-corrected chi connectivity index (χ0v) is 18.5. The quantitative estimate of drug-likeness (QED) is 0.583. The maximum atomic E-state index is 12.8. The smallest absolute Gasteiger partial charge is 0.243 e. The Hall–Kier alpha value is -2.45. The maximum absolute atomic E-state index is 12.8. The number of aryl methyl sites for hydroxylation is 1. The van der Waals surface area contributed by atoms with Crippen LogP contribution in [0, 0.1) is 6.92 Å². The number of piperazine rings is 1. The summed E-state index contributed by atoms with van der Waals surface area (Å²) < 4.78 is 33.0. The summed E-state index contributed by atoms with van der Waals surface area (Å²) in [6, 6.07) is 20.9. The van der Waals surface area contributed by atoms with Crippen LogP contribution in [-0.2, 0) is 10.0 Å². The molecule has 1 atom stereocenters. The largest absolute Gasteiger partial charge is 0.491 e. The molecule has 1 aliphatic rings. The van der Waals surface area contributed by atoms with Gasteiger partial charge in [0.15, 0.2) is 0 Å². The fraction of sp³-hybridized carbons (Fsp3) is 0.333. The lowest BCUT2D eigenvalue weighted by Crippen LogP contribution is -3.15. The number of ether oxygens (including phenoxy) is 1. The maximum Gasteiger partial charge on any atom is 0.243 e. The molecule has 1 heterocycles. The third kappa shape index (κ3) is 5.25. The van der Waals surface area contributed by atoms with Crippen molar-refractivity contribution >= 4 is 20.8 Å². The summed E-state index contributed by atoms with van der Waals surface area (Å²) in [6.45, 7) is 4.91. The van der Waals surface area contributed by atoms with Crippen LogP contribution in [0.1, 0.15) is 5.56 Å². The molecule has 4 rings (SSSR count). The van der Waals surface area contributed by atoms with E-state index in [9.17, 15) is 13.5 Å². The summed E-state index contributed by atoms with van der Waals surface area (Å²) >= 11 is 0. The molecule has 0 amide bonds. The number of hydrogen-bond acceptors (Lipinski definition) is 4. The van der Waals surface area contributed by atoms with E-state index in [1.807, 2.05) is 55.5 Å². The van der Waals surface area contributed by atoms with E-state index in [1.165, 1.54) is 4.90 Å². The molecule has 1 saturated heterocycles. The second-order valence-corrected chi connectivity index (χ2v) is 10.1. The van der Waals surface area contributed by atoms with Gasteiger partial charge in [-0.15, -0.1) is 0 Å². The molecule has 3 aromatic rings. The Morgan fingerprint density at radius 3 is 2.39 bits per heavy atom. The van der Waals surface area contributed by atoms with Crippen LogP contribution in [0.4, 0.5) is 0 Å². The number of sulfonamides is 1. The molecule has 0 aromatic heterocycles. The zero-order valence-electron chi connectivity index (χ0n) is 17.7.